The first-order valence-electron chi connectivity index (χ1n) is 8.64. The van der Waals surface area contributed by atoms with E-state index in [-0.39, 0.29) is 12.1 Å². The molecule has 1 saturated carbocycles. The molecule has 2 aromatic rings. The number of ether oxygens (including phenoxy) is 1. The highest BCUT2D eigenvalue weighted by Crippen LogP contribution is 2.36. The van der Waals surface area contributed by atoms with Crippen molar-refractivity contribution < 1.29 is 9.53 Å². The molecule has 2 aliphatic rings. The largest absolute Gasteiger partial charge is 0.458 e. The second kappa shape index (κ2) is 6.11. The van der Waals surface area contributed by atoms with E-state index in [0.29, 0.717) is 10.6 Å². The third-order valence-electron chi connectivity index (χ3n) is 5.01. The smallest absolute Gasteiger partial charge is 0.350 e. The van der Waals surface area contributed by atoms with Crippen LogP contribution in [-0.4, -0.2) is 17.1 Å². The molecule has 2 N–H and O–H groups in total. The Morgan fingerprint density at radius 1 is 1.17 bits per heavy atom. The molecule has 0 amide bonds. The average molecular weight is 330 g/mol. The number of anilines is 1. The van der Waals surface area contributed by atoms with E-state index in [1.807, 2.05) is 0 Å². The van der Waals surface area contributed by atoms with Gasteiger partial charge in [-0.15, -0.1) is 11.3 Å². The Morgan fingerprint density at radius 3 is 2.78 bits per heavy atom. The molecule has 23 heavy (non-hydrogen) atoms. The minimum Gasteiger partial charge on any atom is -0.458 e. The van der Waals surface area contributed by atoms with Crippen molar-refractivity contribution >= 4 is 33.2 Å². The predicted molar refractivity (Wildman–Crippen MR) is 93.0 cm³/mol. The van der Waals surface area contributed by atoms with E-state index in [9.17, 15) is 4.79 Å². The Morgan fingerprint density at radius 2 is 1.96 bits per heavy atom. The third kappa shape index (κ3) is 2.82. The van der Waals surface area contributed by atoms with Crippen molar-refractivity contribution in [1.82, 2.24) is 4.98 Å². The lowest BCUT2D eigenvalue weighted by Gasteiger charge is -2.21. The van der Waals surface area contributed by atoms with Crippen LogP contribution in [0.2, 0.25) is 0 Å². The number of hydrogen-bond donors (Lipinski definition) is 1. The monoisotopic (exact) mass is 330 g/mol. The molecule has 1 fully saturated rings. The van der Waals surface area contributed by atoms with E-state index in [1.54, 1.807) is 0 Å². The van der Waals surface area contributed by atoms with Crippen LogP contribution in [0.15, 0.2) is 6.07 Å². The maximum Gasteiger partial charge on any atom is 0.350 e. The Hall–Kier alpha value is -1.62. The first-order valence-corrected chi connectivity index (χ1v) is 9.46. The number of nitrogen functional groups attached to an aromatic ring is 1. The SMILES string of the molecule is Nc1c(C(=O)OC2CCCCC2)sc2nc3c(cc12)CCCC3. The van der Waals surface area contributed by atoms with Gasteiger partial charge >= 0.3 is 5.97 Å². The normalized spacial score (nSPS) is 18.8. The molecule has 5 heteroatoms. The van der Waals surface area contributed by atoms with Gasteiger partial charge in [-0.25, -0.2) is 9.78 Å². The second-order valence-corrected chi connectivity index (χ2v) is 7.66. The molecular formula is C18H22N2O2S. The predicted octanol–water partition coefficient (Wildman–Crippen LogP) is 4.25. The van der Waals surface area contributed by atoms with Crippen LogP contribution in [0.5, 0.6) is 0 Å². The van der Waals surface area contributed by atoms with Gasteiger partial charge in [-0.05, 0) is 63.0 Å². The number of aromatic nitrogens is 1. The van der Waals surface area contributed by atoms with Gasteiger partial charge in [-0.3, -0.25) is 0 Å². The highest BCUT2D eigenvalue weighted by atomic mass is 32.1. The van der Waals surface area contributed by atoms with Gasteiger partial charge in [0.25, 0.3) is 0 Å². The van der Waals surface area contributed by atoms with Crippen LogP contribution in [0.1, 0.15) is 65.9 Å². The Balaban J connectivity index is 1.64. The van der Waals surface area contributed by atoms with Crippen LogP contribution in [0.4, 0.5) is 5.69 Å². The lowest BCUT2D eigenvalue weighted by Crippen LogP contribution is -2.20. The minimum atomic E-state index is -0.268. The molecule has 2 aliphatic carbocycles. The van der Waals surface area contributed by atoms with E-state index in [2.05, 4.69) is 6.07 Å². The second-order valence-electron chi connectivity index (χ2n) is 6.66. The molecule has 0 saturated heterocycles. The molecule has 0 aromatic carbocycles. The standard InChI is InChI=1S/C18H22N2O2S/c19-15-13-10-11-6-4-5-9-14(11)20-17(13)23-16(15)18(21)22-12-7-2-1-3-8-12/h10,12H,1-9,19H2. The highest BCUT2D eigenvalue weighted by molar-refractivity contribution is 7.21. The number of aryl methyl sites for hydroxylation is 2. The van der Waals surface area contributed by atoms with Crippen molar-refractivity contribution in [3.05, 3.63) is 22.2 Å². The Bertz CT molecular complexity index is 747. The molecule has 4 nitrogen and oxygen atoms in total. The van der Waals surface area contributed by atoms with Gasteiger partial charge < -0.3 is 10.5 Å². The summed E-state index contributed by atoms with van der Waals surface area (Å²) in [5.41, 5.74) is 9.27. The summed E-state index contributed by atoms with van der Waals surface area (Å²) in [5, 5.41) is 0.922. The summed E-state index contributed by atoms with van der Waals surface area (Å²) < 4.78 is 5.68. The summed E-state index contributed by atoms with van der Waals surface area (Å²) >= 11 is 1.38. The van der Waals surface area contributed by atoms with E-state index in [0.717, 1.165) is 48.7 Å². The molecule has 0 unspecified atom stereocenters. The molecule has 122 valence electrons. The zero-order chi connectivity index (χ0) is 15.8. The van der Waals surface area contributed by atoms with Crippen LogP contribution in [0.25, 0.3) is 10.2 Å². The van der Waals surface area contributed by atoms with Crippen molar-refractivity contribution in [3.63, 3.8) is 0 Å². The summed E-state index contributed by atoms with van der Waals surface area (Å²) in [6, 6.07) is 2.14. The van der Waals surface area contributed by atoms with Crippen molar-refractivity contribution in [2.75, 3.05) is 5.73 Å². The molecule has 0 bridgehead atoms. The number of carbonyl (C=O) groups excluding carboxylic acids is 1. The molecule has 0 aliphatic heterocycles. The van der Waals surface area contributed by atoms with Crippen LogP contribution in [0, 0.1) is 0 Å². The summed E-state index contributed by atoms with van der Waals surface area (Å²) in [7, 11) is 0. The lowest BCUT2D eigenvalue weighted by molar-refractivity contribution is 0.0218. The molecule has 4 rings (SSSR count). The molecule has 2 aromatic heterocycles. The maximum absolute atomic E-state index is 12.5. The number of pyridine rings is 1. The number of carbonyl (C=O) groups is 1. The Labute approximate surface area is 140 Å². The zero-order valence-corrected chi connectivity index (χ0v) is 14.1. The fourth-order valence-electron chi connectivity index (χ4n) is 3.70. The summed E-state index contributed by atoms with van der Waals surface area (Å²) in [6.07, 6.45) is 10.1. The quantitative estimate of drug-likeness (QED) is 0.836. The van der Waals surface area contributed by atoms with Gasteiger partial charge in [0.2, 0.25) is 0 Å². The number of nitrogens with zero attached hydrogens (tertiary/aromatic N) is 1. The topological polar surface area (TPSA) is 65.2 Å². The number of nitrogens with two attached hydrogens (primary N) is 1. The third-order valence-corrected chi connectivity index (χ3v) is 6.11. The van der Waals surface area contributed by atoms with Gasteiger partial charge in [-0.1, -0.05) is 6.42 Å². The number of hydrogen-bond acceptors (Lipinski definition) is 5. The van der Waals surface area contributed by atoms with Gasteiger partial charge in [0, 0.05) is 11.1 Å². The number of fused-ring (bicyclic) bond motifs is 2. The van der Waals surface area contributed by atoms with Crippen molar-refractivity contribution in [2.24, 2.45) is 0 Å². The van der Waals surface area contributed by atoms with E-state index >= 15 is 0 Å². The number of thiophene rings is 1. The van der Waals surface area contributed by atoms with Crippen LogP contribution >= 0.6 is 11.3 Å². The maximum atomic E-state index is 12.5. The zero-order valence-electron chi connectivity index (χ0n) is 13.3. The van der Waals surface area contributed by atoms with Crippen LogP contribution in [-0.2, 0) is 17.6 Å². The molecular weight excluding hydrogens is 308 g/mol. The fourth-order valence-corrected chi connectivity index (χ4v) is 4.68. The molecule has 2 heterocycles. The van der Waals surface area contributed by atoms with E-state index in [4.69, 9.17) is 15.5 Å². The van der Waals surface area contributed by atoms with Crippen molar-refractivity contribution in [3.8, 4) is 0 Å². The first kappa shape index (κ1) is 14.9. The molecule has 0 radical (unpaired) electrons. The van der Waals surface area contributed by atoms with Gasteiger partial charge in [0.05, 0.1) is 5.69 Å². The molecule has 0 atom stereocenters. The van der Waals surface area contributed by atoms with Crippen molar-refractivity contribution in [2.45, 2.75) is 63.9 Å². The van der Waals surface area contributed by atoms with Crippen molar-refractivity contribution in [1.29, 1.82) is 0 Å². The van der Waals surface area contributed by atoms with E-state index in [1.165, 1.54) is 41.9 Å². The average Bonchev–Trinajstić information content (AvgIpc) is 2.90. The van der Waals surface area contributed by atoms with Crippen LogP contribution < -0.4 is 5.73 Å². The number of rotatable bonds is 2. The summed E-state index contributed by atoms with van der Waals surface area (Å²) in [4.78, 5) is 18.7. The number of esters is 1. The van der Waals surface area contributed by atoms with Crippen LogP contribution in [0.3, 0.4) is 0 Å². The van der Waals surface area contributed by atoms with Gasteiger partial charge in [-0.2, -0.15) is 0 Å². The van der Waals surface area contributed by atoms with Gasteiger partial charge in [0.15, 0.2) is 0 Å². The van der Waals surface area contributed by atoms with E-state index < -0.39 is 0 Å². The highest BCUT2D eigenvalue weighted by Gasteiger charge is 2.24. The minimum absolute atomic E-state index is 0.0574. The summed E-state index contributed by atoms with van der Waals surface area (Å²) in [6.45, 7) is 0. The fraction of sp³-hybridized carbons (Fsp3) is 0.556. The molecule has 0 spiro atoms. The lowest BCUT2D eigenvalue weighted by atomic mass is 9.95. The van der Waals surface area contributed by atoms with Gasteiger partial charge in [0.1, 0.15) is 15.8 Å². The first-order chi connectivity index (χ1) is 11.2. The summed E-state index contributed by atoms with van der Waals surface area (Å²) in [5.74, 6) is -0.268. The Kier molecular flexibility index (Phi) is 3.97.